The van der Waals surface area contributed by atoms with Crippen LogP contribution in [0.25, 0.3) is 0 Å². The molecule has 2 aromatic rings. The fourth-order valence-corrected chi connectivity index (χ4v) is 5.35. The van der Waals surface area contributed by atoms with E-state index < -0.39 is 5.97 Å². The van der Waals surface area contributed by atoms with Crippen LogP contribution in [0.15, 0.2) is 42.5 Å². The van der Waals surface area contributed by atoms with Gasteiger partial charge in [-0.05, 0) is 48.1 Å². The van der Waals surface area contributed by atoms with E-state index in [1.165, 1.54) is 11.1 Å². The van der Waals surface area contributed by atoms with Gasteiger partial charge < -0.3 is 10.0 Å². The molecule has 2 atom stereocenters. The Morgan fingerprint density at radius 1 is 0.833 bits per heavy atom. The van der Waals surface area contributed by atoms with Crippen LogP contribution in [0.2, 0.25) is 10.0 Å². The number of hydrogen-bond donors (Lipinski definition) is 1. The zero-order valence-corrected chi connectivity index (χ0v) is 22.4. The number of nitrogens with zero attached hydrogens (tertiary/aromatic N) is 1. The number of halogens is 2. The largest absolute Gasteiger partial charge is 0.481 e. The van der Waals surface area contributed by atoms with Gasteiger partial charge in [0.15, 0.2) is 0 Å². The third-order valence-corrected chi connectivity index (χ3v) is 7.85. The van der Waals surface area contributed by atoms with Gasteiger partial charge in [-0.15, -0.1) is 0 Å². The van der Waals surface area contributed by atoms with Crippen molar-refractivity contribution in [1.82, 2.24) is 4.90 Å². The van der Waals surface area contributed by atoms with Crippen molar-refractivity contribution in [3.8, 4) is 0 Å². The molecule has 1 amide bonds. The predicted molar refractivity (Wildman–Crippen MR) is 144 cm³/mol. The van der Waals surface area contributed by atoms with Crippen molar-refractivity contribution in [1.29, 1.82) is 0 Å². The number of carboxylic acids is 1. The van der Waals surface area contributed by atoms with Gasteiger partial charge in [0.25, 0.3) is 0 Å². The third kappa shape index (κ3) is 7.81. The highest BCUT2D eigenvalue weighted by Crippen LogP contribution is 2.47. The van der Waals surface area contributed by atoms with Gasteiger partial charge in [-0.3, -0.25) is 14.4 Å². The summed E-state index contributed by atoms with van der Waals surface area (Å²) < 4.78 is 0. The van der Waals surface area contributed by atoms with E-state index in [0.29, 0.717) is 22.9 Å². The van der Waals surface area contributed by atoms with Crippen LogP contribution in [0.3, 0.4) is 0 Å². The molecular formula is C29H35Cl2NO4. The first-order chi connectivity index (χ1) is 17.3. The Labute approximate surface area is 223 Å². The van der Waals surface area contributed by atoms with E-state index in [0.717, 1.165) is 50.5 Å². The van der Waals surface area contributed by atoms with E-state index in [-0.39, 0.29) is 36.5 Å². The lowest BCUT2D eigenvalue weighted by molar-refractivity contribution is -0.138. The number of rotatable bonds is 14. The third-order valence-electron chi connectivity index (χ3n) is 7.11. The normalized spacial score (nSPS) is 16.5. The number of unbranched alkanes of at least 4 members (excludes halogenated alkanes) is 5. The Morgan fingerprint density at radius 3 is 2.14 bits per heavy atom. The standard InChI is InChI=1S/C29H35Cl2NO4/c1-32(28(34)13-7-5-3-2-4-6-10-21(33)15-17-29(35)36)27-19-24(22-11-8-9-12-23(22)27)20-14-16-25(30)26(31)18-20/h8-9,11-12,14,16,18,24,27H,2-7,10,13,15,17,19H2,1H3,(H,35,36)/t24-,27+/m0/s1. The van der Waals surface area contributed by atoms with Crippen molar-refractivity contribution in [2.45, 2.75) is 82.6 Å². The van der Waals surface area contributed by atoms with Crippen LogP contribution in [-0.4, -0.2) is 34.7 Å². The van der Waals surface area contributed by atoms with E-state index in [4.69, 9.17) is 28.3 Å². The number of amides is 1. The molecule has 3 rings (SSSR count). The minimum atomic E-state index is -0.924. The zero-order valence-electron chi connectivity index (χ0n) is 20.8. The van der Waals surface area contributed by atoms with Crippen molar-refractivity contribution in [2.75, 3.05) is 7.05 Å². The number of hydrogen-bond acceptors (Lipinski definition) is 3. The SMILES string of the molecule is CN(C(=O)CCCCCCCCC(=O)CCC(=O)O)[C@@H]1C[C@@H](c2ccc(Cl)c(Cl)c2)c2ccccc21. The Balaban J connectivity index is 1.42. The summed E-state index contributed by atoms with van der Waals surface area (Å²) in [4.78, 5) is 37.0. The molecule has 0 aromatic heterocycles. The molecule has 36 heavy (non-hydrogen) atoms. The molecule has 1 N–H and O–H groups in total. The van der Waals surface area contributed by atoms with Gasteiger partial charge >= 0.3 is 5.97 Å². The van der Waals surface area contributed by atoms with Crippen LogP contribution in [0.5, 0.6) is 0 Å². The Morgan fingerprint density at radius 2 is 1.47 bits per heavy atom. The van der Waals surface area contributed by atoms with Crippen LogP contribution in [0.1, 0.15) is 99.3 Å². The van der Waals surface area contributed by atoms with Gasteiger partial charge in [0.1, 0.15) is 5.78 Å². The summed E-state index contributed by atoms with van der Waals surface area (Å²) in [6, 6.07) is 14.1. The minimum Gasteiger partial charge on any atom is -0.481 e. The number of carbonyl (C=O) groups excluding carboxylic acids is 2. The average molecular weight is 533 g/mol. The number of ketones is 1. The molecule has 0 heterocycles. The number of Topliss-reactive ketones (excluding diaryl/α,β-unsaturated/α-hetero) is 1. The first kappa shape index (κ1) is 28.2. The molecule has 1 aliphatic rings. The van der Waals surface area contributed by atoms with Crippen LogP contribution in [0.4, 0.5) is 0 Å². The van der Waals surface area contributed by atoms with Gasteiger partial charge in [0.05, 0.1) is 22.5 Å². The van der Waals surface area contributed by atoms with E-state index >= 15 is 0 Å². The second-order valence-corrected chi connectivity index (χ2v) is 10.5. The summed E-state index contributed by atoms with van der Waals surface area (Å²) >= 11 is 12.4. The van der Waals surface area contributed by atoms with E-state index in [9.17, 15) is 14.4 Å². The summed E-state index contributed by atoms with van der Waals surface area (Å²) in [5, 5.41) is 9.71. The van der Waals surface area contributed by atoms with Crippen molar-refractivity contribution < 1.29 is 19.5 Å². The van der Waals surface area contributed by atoms with Crippen LogP contribution in [0, 0.1) is 0 Å². The molecule has 194 valence electrons. The second kappa shape index (κ2) is 13.8. The maximum atomic E-state index is 13.0. The first-order valence-corrected chi connectivity index (χ1v) is 13.6. The quantitative estimate of drug-likeness (QED) is 0.255. The van der Waals surface area contributed by atoms with E-state index in [2.05, 4.69) is 12.1 Å². The maximum Gasteiger partial charge on any atom is 0.303 e. The Bertz CT molecular complexity index is 1070. The number of benzene rings is 2. The summed E-state index contributed by atoms with van der Waals surface area (Å²) in [6.45, 7) is 0. The number of carboxylic acid groups (broad SMARTS) is 1. The second-order valence-electron chi connectivity index (χ2n) is 9.66. The summed E-state index contributed by atoms with van der Waals surface area (Å²) in [7, 11) is 1.91. The Kier molecular flexibility index (Phi) is 10.8. The predicted octanol–water partition coefficient (Wildman–Crippen LogP) is 7.58. The van der Waals surface area contributed by atoms with E-state index in [1.54, 1.807) is 0 Å². The zero-order chi connectivity index (χ0) is 26.1. The molecule has 2 aromatic carbocycles. The fourth-order valence-electron chi connectivity index (χ4n) is 5.05. The van der Waals surface area contributed by atoms with Crippen molar-refractivity contribution >= 4 is 40.9 Å². The molecule has 0 fully saturated rings. The summed E-state index contributed by atoms with van der Waals surface area (Å²) in [6.07, 6.45) is 7.53. The molecule has 7 heteroatoms. The average Bonchev–Trinajstić information content (AvgIpc) is 3.25. The molecule has 5 nitrogen and oxygen atoms in total. The van der Waals surface area contributed by atoms with Gasteiger partial charge in [0, 0.05) is 32.2 Å². The van der Waals surface area contributed by atoms with Crippen molar-refractivity contribution in [2.24, 2.45) is 0 Å². The van der Waals surface area contributed by atoms with E-state index in [1.807, 2.05) is 42.3 Å². The molecular weight excluding hydrogens is 497 g/mol. The van der Waals surface area contributed by atoms with Gasteiger partial charge in [-0.25, -0.2) is 0 Å². The maximum absolute atomic E-state index is 13.0. The van der Waals surface area contributed by atoms with Crippen LogP contribution in [-0.2, 0) is 14.4 Å². The monoisotopic (exact) mass is 531 g/mol. The molecule has 0 aliphatic heterocycles. The first-order valence-electron chi connectivity index (χ1n) is 12.8. The fraction of sp³-hybridized carbons (Fsp3) is 0.483. The lowest BCUT2D eigenvalue weighted by Gasteiger charge is -2.26. The van der Waals surface area contributed by atoms with Crippen molar-refractivity contribution in [3.05, 3.63) is 69.2 Å². The molecule has 0 saturated carbocycles. The van der Waals surface area contributed by atoms with Crippen LogP contribution < -0.4 is 0 Å². The molecule has 0 spiro atoms. The molecule has 0 unspecified atom stereocenters. The molecule has 0 radical (unpaired) electrons. The summed E-state index contributed by atoms with van der Waals surface area (Å²) in [5.41, 5.74) is 3.55. The smallest absolute Gasteiger partial charge is 0.303 e. The molecule has 0 bridgehead atoms. The highest BCUT2D eigenvalue weighted by atomic mass is 35.5. The molecule has 1 aliphatic carbocycles. The lowest BCUT2D eigenvalue weighted by atomic mass is 9.93. The van der Waals surface area contributed by atoms with Gasteiger partial charge in [-0.1, -0.05) is 79.2 Å². The van der Waals surface area contributed by atoms with Gasteiger partial charge in [0.2, 0.25) is 5.91 Å². The summed E-state index contributed by atoms with van der Waals surface area (Å²) in [5.74, 6) is -0.561. The molecule has 0 saturated heterocycles. The Hall–Kier alpha value is -2.37. The highest BCUT2D eigenvalue weighted by Gasteiger charge is 2.35. The van der Waals surface area contributed by atoms with Gasteiger partial charge in [-0.2, -0.15) is 0 Å². The number of fused-ring (bicyclic) bond motifs is 1. The number of carbonyl (C=O) groups is 3. The number of aliphatic carboxylic acids is 1. The minimum absolute atomic E-state index is 0.0286. The topological polar surface area (TPSA) is 74.7 Å². The van der Waals surface area contributed by atoms with Crippen LogP contribution >= 0.6 is 23.2 Å². The highest BCUT2D eigenvalue weighted by molar-refractivity contribution is 6.42. The lowest BCUT2D eigenvalue weighted by Crippen LogP contribution is -2.30. The van der Waals surface area contributed by atoms with Crippen molar-refractivity contribution in [3.63, 3.8) is 0 Å².